The van der Waals surface area contributed by atoms with E-state index >= 15 is 0 Å². The molecule has 0 aromatic carbocycles. The van der Waals surface area contributed by atoms with Crippen LogP contribution >= 0.6 is 12.6 Å². The number of aliphatic carboxylic acids is 1. The molecule has 0 bridgehead atoms. The van der Waals surface area contributed by atoms with Crippen LogP contribution in [-0.2, 0) is 20.8 Å². The predicted octanol–water partition coefficient (Wildman–Crippen LogP) is 2.98. The molecule has 3 rings (SSSR count). The van der Waals surface area contributed by atoms with Crippen molar-refractivity contribution in [2.45, 2.75) is 68.7 Å². The summed E-state index contributed by atoms with van der Waals surface area (Å²) in [5, 5.41) is 14.7. The average Bonchev–Trinajstić information content (AvgIpc) is 3.47. The van der Waals surface area contributed by atoms with E-state index in [-0.39, 0.29) is 12.3 Å². The lowest BCUT2D eigenvalue weighted by molar-refractivity contribution is -0.143. The van der Waals surface area contributed by atoms with E-state index in [9.17, 15) is 19.5 Å². The average molecular weight is 460 g/mol. The van der Waals surface area contributed by atoms with E-state index < -0.39 is 28.7 Å². The fourth-order valence-corrected chi connectivity index (χ4v) is 4.28. The molecule has 9 heteroatoms. The molecule has 8 nitrogen and oxygen atoms in total. The third-order valence-corrected chi connectivity index (χ3v) is 6.25. The molecule has 2 aromatic rings. The summed E-state index contributed by atoms with van der Waals surface area (Å²) in [6.45, 7) is 1.96. The molecule has 1 saturated carbocycles. The highest BCUT2D eigenvalue weighted by Gasteiger charge is 2.44. The lowest BCUT2D eigenvalue weighted by atomic mass is 9.94. The lowest BCUT2D eigenvalue weighted by Gasteiger charge is -2.31. The molecule has 0 radical (unpaired) electrons. The number of carboxylic acid groups (broad SMARTS) is 1. The highest BCUT2D eigenvalue weighted by molar-refractivity contribution is 7.81. The SMILES string of the molecule is CCCC(S)C(=O)NC1(C(=O)NC(Cc2ccc(-c3ccco3)nc2)C(=O)O)CCCC1. The van der Waals surface area contributed by atoms with E-state index in [2.05, 4.69) is 28.2 Å². The summed E-state index contributed by atoms with van der Waals surface area (Å²) in [5.41, 5.74) is 0.201. The van der Waals surface area contributed by atoms with Crippen molar-refractivity contribution < 1.29 is 23.9 Å². The van der Waals surface area contributed by atoms with Crippen LogP contribution < -0.4 is 10.6 Å². The molecule has 172 valence electrons. The first-order valence-electron chi connectivity index (χ1n) is 10.9. The van der Waals surface area contributed by atoms with Gasteiger partial charge in [-0.25, -0.2) is 4.79 Å². The highest BCUT2D eigenvalue weighted by Crippen LogP contribution is 2.31. The van der Waals surface area contributed by atoms with Gasteiger partial charge in [0.05, 0.1) is 11.5 Å². The standard InChI is InChI=1S/C23H29N3O5S/c1-2-6-19(32)20(27)26-23(10-3-4-11-23)22(30)25-17(21(28)29)13-15-8-9-16(24-14-15)18-7-5-12-31-18/h5,7-9,12,14,17,19,32H,2-4,6,10-11,13H2,1H3,(H,25,30)(H,26,27)(H,28,29). The summed E-state index contributed by atoms with van der Waals surface area (Å²) in [6.07, 6.45) is 7.12. The minimum absolute atomic E-state index is 0.0710. The van der Waals surface area contributed by atoms with Crippen LogP contribution in [0.25, 0.3) is 11.5 Å². The molecule has 3 N–H and O–H groups in total. The summed E-state index contributed by atoms with van der Waals surface area (Å²) in [5.74, 6) is -1.29. The molecule has 1 aliphatic rings. The van der Waals surface area contributed by atoms with Gasteiger partial charge in [0.15, 0.2) is 5.76 Å². The zero-order chi connectivity index (χ0) is 23.1. The Balaban J connectivity index is 1.69. The number of carboxylic acids is 1. The van der Waals surface area contributed by atoms with E-state index in [0.717, 1.165) is 19.3 Å². The van der Waals surface area contributed by atoms with Gasteiger partial charge in [-0.15, -0.1) is 0 Å². The van der Waals surface area contributed by atoms with Crippen molar-refractivity contribution in [2.24, 2.45) is 0 Å². The first kappa shape index (κ1) is 23.8. The van der Waals surface area contributed by atoms with Gasteiger partial charge in [0, 0.05) is 12.6 Å². The number of nitrogens with one attached hydrogen (secondary N) is 2. The number of rotatable bonds is 10. The smallest absolute Gasteiger partial charge is 0.326 e. The number of hydrogen-bond acceptors (Lipinski definition) is 6. The zero-order valence-electron chi connectivity index (χ0n) is 18.0. The van der Waals surface area contributed by atoms with E-state index in [1.807, 2.05) is 6.92 Å². The third kappa shape index (κ3) is 5.70. The van der Waals surface area contributed by atoms with Crippen LogP contribution in [0.15, 0.2) is 41.1 Å². The summed E-state index contributed by atoms with van der Waals surface area (Å²) in [6, 6.07) is 5.91. The van der Waals surface area contributed by atoms with Gasteiger partial charge in [0.2, 0.25) is 11.8 Å². The van der Waals surface area contributed by atoms with Crippen molar-refractivity contribution in [1.29, 1.82) is 0 Å². The molecule has 2 unspecified atom stereocenters. The molecular formula is C23H29N3O5S. The van der Waals surface area contributed by atoms with Crippen LogP contribution in [0.4, 0.5) is 0 Å². The number of hydrogen-bond donors (Lipinski definition) is 4. The van der Waals surface area contributed by atoms with Crippen molar-refractivity contribution in [3.8, 4) is 11.5 Å². The number of carbonyl (C=O) groups is 3. The number of amides is 2. The van der Waals surface area contributed by atoms with Crippen molar-refractivity contribution in [1.82, 2.24) is 15.6 Å². The van der Waals surface area contributed by atoms with Gasteiger partial charge in [0.1, 0.15) is 17.3 Å². The summed E-state index contributed by atoms with van der Waals surface area (Å²) >= 11 is 4.33. The molecule has 1 fully saturated rings. The Hall–Kier alpha value is -2.81. The molecule has 2 atom stereocenters. The molecule has 32 heavy (non-hydrogen) atoms. The van der Waals surface area contributed by atoms with E-state index in [0.29, 0.717) is 36.3 Å². The number of carbonyl (C=O) groups excluding carboxylic acids is 2. The number of pyridine rings is 1. The van der Waals surface area contributed by atoms with Crippen molar-refractivity contribution in [3.63, 3.8) is 0 Å². The van der Waals surface area contributed by atoms with Crippen LogP contribution in [0.2, 0.25) is 0 Å². The first-order valence-corrected chi connectivity index (χ1v) is 11.4. The van der Waals surface area contributed by atoms with Gasteiger partial charge in [-0.3, -0.25) is 14.6 Å². The molecule has 0 saturated heterocycles. The monoisotopic (exact) mass is 459 g/mol. The zero-order valence-corrected chi connectivity index (χ0v) is 18.9. The minimum atomic E-state index is -1.15. The Kier molecular flexibility index (Phi) is 7.95. The number of aromatic nitrogens is 1. The second-order valence-corrected chi connectivity index (χ2v) is 8.80. The van der Waals surface area contributed by atoms with Crippen LogP contribution in [0.5, 0.6) is 0 Å². The first-order chi connectivity index (χ1) is 15.3. The largest absolute Gasteiger partial charge is 0.480 e. The van der Waals surface area contributed by atoms with Crippen LogP contribution in [0.3, 0.4) is 0 Å². The molecule has 0 aliphatic heterocycles. The predicted molar refractivity (Wildman–Crippen MR) is 122 cm³/mol. The number of furan rings is 1. The summed E-state index contributed by atoms with van der Waals surface area (Å²) in [4.78, 5) is 41.9. The Morgan fingerprint density at radius 2 is 2.00 bits per heavy atom. The third-order valence-electron chi connectivity index (χ3n) is 5.76. The molecule has 1 aliphatic carbocycles. The van der Waals surface area contributed by atoms with Gasteiger partial charge in [-0.1, -0.05) is 32.3 Å². The normalized spacial score (nSPS) is 16.8. The maximum atomic E-state index is 13.2. The van der Waals surface area contributed by atoms with Gasteiger partial charge >= 0.3 is 5.97 Å². The Labute approximate surface area is 192 Å². The Morgan fingerprint density at radius 3 is 2.56 bits per heavy atom. The van der Waals surface area contributed by atoms with Crippen LogP contribution in [0, 0.1) is 0 Å². The Bertz CT molecular complexity index is 924. The number of thiol groups is 1. The summed E-state index contributed by atoms with van der Waals surface area (Å²) in [7, 11) is 0. The van der Waals surface area contributed by atoms with Crippen molar-refractivity contribution in [2.75, 3.05) is 0 Å². The van der Waals surface area contributed by atoms with E-state index in [1.165, 1.54) is 0 Å². The molecule has 2 aromatic heterocycles. The Morgan fingerprint density at radius 1 is 1.25 bits per heavy atom. The van der Waals surface area contributed by atoms with Crippen molar-refractivity contribution >= 4 is 30.4 Å². The molecule has 2 heterocycles. The van der Waals surface area contributed by atoms with Crippen molar-refractivity contribution in [3.05, 3.63) is 42.3 Å². The molecule has 0 spiro atoms. The second kappa shape index (κ2) is 10.7. The van der Waals surface area contributed by atoms with Crippen LogP contribution in [0.1, 0.15) is 51.0 Å². The van der Waals surface area contributed by atoms with Gasteiger partial charge in [0.25, 0.3) is 0 Å². The molecule has 2 amide bonds. The molecular weight excluding hydrogens is 430 g/mol. The van der Waals surface area contributed by atoms with Gasteiger partial charge in [-0.05, 0) is 43.0 Å². The summed E-state index contributed by atoms with van der Waals surface area (Å²) < 4.78 is 5.31. The van der Waals surface area contributed by atoms with Gasteiger partial charge < -0.3 is 20.2 Å². The van der Waals surface area contributed by atoms with Gasteiger partial charge in [-0.2, -0.15) is 12.6 Å². The highest BCUT2D eigenvalue weighted by atomic mass is 32.1. The fourth-order valence-electron chi connectivity index (χ4n) is 3.96. The maximum Gasteiger partial charge on any atom is 0.326 e. The van der Waals surface area contributed by atoms with Crippen LogP contribution in [-0.4, -0.2) is 44.7 Å². The minimum Gasteiger partial charge on any atom is -0.480 e. The second-order valence-electron chi connectivity index (χ2n) is 8.18. The quantitative estimate of drug-likeness (QED) is 0.405. The topological polar surface area (TPSA) is 122 Å². The van der Waals surface area contributed by atoms with E-state index in [4.69, 9.17) is 4.42 Å². The number of nitrogens with zero attached hydrogens (tertiary/aromatic N) is 1. The fraction of sp³-hybridized carbons (Fsp3) is 0.478. The maximum absolute atomic E-state index is 13.2. The lowest BCUT2D eigenvalue weighted by Crippen LogP contribution is -2.61. The van der Waals surface area contributed by atoms with E-state index in [1.54, 1.807) is 36.7 Å².